The Morgan fingerprint density at radius 3 is 2.62 bits per heavy atom. The van der Waals surface area contributed by atoms with Crippen LogP contribution in [-0.4, -0.2) is 41.4 Å². The number of carbonyl (C=O) groups is 1. The maximum absolute atomic E-state index is 12.9. The molecule has 0 radical (unpaired) electrons. The Balaban J connectivity index is 1.53. The molecule has 2 saturated heterocycles. The van der Waals surface area contributed by atoms with Gasteiger partial charge in [0.2, 0.25) is 0 Å². The van der Waals surface area contributed by atoms with Gasteiger partial charge in [-0.2, -0.15) is 0 Å². The number of carboxylic acid groups (broad SMARTS) is 1. The molecule has 2 fully saturated rings. The highest BCUT2D eigenvalue weighted by Crippen LogP contribution is 2.32. The van der Waals surface area contributed by atoms with Crippen LogP contribution in [0.1, 0.15) is 25.7 Å². The van der Waals surface area contributed by atoms with Crippen LogP contribution < -0.4 is 4.90 Å². The Kier molecular flexibility index (Phi) is 4.05. The number of hydrogen-bond donors (Lipinski definition) is 1. The number of anilines is 1. The van der Waals surface area contributed by atoms with Crippen molar-refractivity contribution in [2.75, 3.05) is 18.0 Å². The smallest absolute Gasteiger partial charge is 0.332 e. The SMILES string of the molecule is O=C(O)[C@H]1CC[C@@H](C2CCN(c3ccc(F)cn3)CC2)O1. The summed E-state index contributed by atoms with van der Waals surface area (Å²) >= 11 is 0. The van der Waals surface area contributed by atoms with Gasteiger partial charge in [0.15, 0.2) is 6.10 Å². The molecule has 0 aromatic carbocycles. The fourth-order valence-electron chi connectivity index (χ4n) is 3.25. The lowest BCUT2D eigenvalue weighted by Gasteiger charge is -2.35. The third-order valence-electron chi connectivity index (χ3n) is 4.43. The number of aliphatic carboxylic acids is 1. The number of halogens is 1. The van der Waals surface area contributed by atoms with Crippen LogP contribution in [0.15, 0.2) is 18.3 Å². The van der Waals surface area contributed by atoms with Crippen molar-refractivity contribution in [3.63, 3.8) is 0 Å². The molecule has 114 valence electrons. The standard InChI is InChI=1S/C15H19FN2O3/c16-11-1-4-14(17-9-11)18-7-5-10(6-8-18)12-2-3-13(21-12)15(19)20/h1,4,9-10,12-13H,2-3,5-8H2,(H,19,20)/t12-,13+/m0/s1. The molecule has 0 unspecified atom stereocenters. The van der Waals surface area contributed by atoms with E-state index in [4.69, 9.17) is 9.84 Å². The summed E-state index contributed by atoms with van der Waals surface area (Å²) in [6.45, 7) is 1.70. The highest BCUT2D eigenvalue weighted by molar-refractivity contribution is 5.72. The first-order valence-corrected chi connectivity index (χ1v) is 7.38. The lowest BCUT2D eigenvalue weighted by atomic mass is 9.90. The summed E-state index contributed by atoms with van der Waals surface area (Å²) in [5, 5.41) is 8.97. The number of carboxylic acids is 1. The van der Waals surface area contributed by atoms with Crippen LogP contribution in [0.5, 0.6) is 0 Å². The van der Waals surface area contributed by atoms with E-state index in [2.05, 4.69) is 9.88 Å². The van der Waals surface area contributed by atoms with Gasteiger partial charge in [-0.25, -0.2) is 14.2 Å². The molecule has 1 aromatic heterocycles. The number of ether oxygens (including phenoxy) is 1. The van der Waals surface area contributed by atoms with Crippen LogP contribution in [0.25, 0.3) is 0 Å². The van der Waals surface area contributed by atoms with Crippen LogP contribution in [0.3, 0.4) is 0 Å². The third kappa shape index (κ3) is 3.15. The fourth-order valence-corrected chi connectivity index (χ4v) is 3.25. The Morgan fingerprint density at radius 1 is 1.29 bits per heavy atom. The summed E-state index contributed by atoms with van der Waals surface area (Å²) in [6, 6.07) is 3.12. The van der Waals surface area contributed by atoms with Crippen molar-refractivity contribution in [2.24, 2.45) is 5.92 Å². The van der Waals surface area contributed by atoms with E-state index in [9.17, 15) is 9.18 Å². The van der Waals surface area contributed by atoms with Crippen LogP contribution in [-0.2, 0) is 9.53 Å². The summed E-state index contributed by atoms with van der Waals surface area (Å²) in [5.41, 5.74) is 0. The minimum Gasteiger partial charge on any atom is -0.479 e. The molecule has 2 atom stereocenters. The summed E-state index contributed by atoms with van der Waals surface area (Å²) in [7, 11) is 0. The van der Waals surface area contributed by atoms with Crippen molar-refractivity contribution in [1.29, 1.82) is 0 Å². The number of piperidine rings is 1. The van der Waals surface area contributed by atoms with Crippen molar-refractivity contribution in [2.45, 2.75) is 37.9 Å². The first-order valence-electron chi connectivity index (χ1n) is 7.38. The van der Waals surface area contributed by atoms with Crippen LogP contribution in [0.4, 0.5) is 10.2 Å². The molecular weight excluding hydrogens is 275 g/mol. The molecule has 0 aliphatic carbocycles. The van der Waals surface area contributed by atoms with E-state index in [-0.39, 0.29) is 11.9 Å². The molecule has 2 aliphatic rings. The summed E-state index contributed by atoms with van der Waals surface area (Å²) in [4.78, 5) is 17.2. The van der Waals surface area contributed by atoms with E-state index in [1.807, 2.05) is 0 Å². The Labute approximate surface area is 122 Å². The van der Waals surface area contributed by atoms with Gasteiger partial charge >= 0.3 is 5.97 Å². The molecule has 0 spiro atoms. The highest BCUT2D eigenvalue weighted by Gasteiger charge is 2.36. The monoisotopic (exact) mass is 294 g/mol. The zero-order chi connectivity index (χ0) is 14.8. The number of aromatic nitrogens is 1. The van der Waals surface area contributed by atoms with E-state index in [0.717, 1.165) is 38.2 Å². The lowest BCUT2D eigenvalue weighted by Crippen LogP contribution is -2.38. The molecule has 0 amide bonds. The van der Waals surface area contributed by atoms with Crippen molar-refractivity contribution in [3.8, 4) is 0 Å². The van der Waals surface area contributed by atoms with E-state index in [0.29, 0.717) is 12.3 Å². The second-order valence-electron chi connectivity index (χ2n) is 5.74. The van der Waals surface area contributed by atoms with Gasteiger partial charge in [-0.05, 0) is 43.7 Å². The zero-order valence-electron chi connectivity index (χ0n) is 11.7. The average molecular weight is 294 g/mol. The van der Waals surface area contributed by atoms with Crippen LogP contribution in [0.2, 0.25) is 0 Å². The van der Waals surface area contributed by atoms with Gasteiger partial charge in [-0.15, -0.1) is 0 Å². The van der Waals surface area contributed by atoms with Crippen molar-refractivity contribution < 1.29 is 19.0 Å². The number of rotatable bonds is 3. The molecule has 1 aromatic rings. The van der Waals surface area contributed by atoms with Gasteiger partial charge in [-0.3, -0.25) is 0 Å². The molecule has 0 bridgehead atoms. The Morgan fingerprint density at radius 2 is 2.05 bits per heavy atom. The Bertz CT molecular complexity index is 500. The molecule has 5 nitrogen and oxygen atoms in total. The van der Waals surface area contributed by atoms with E-state index < -0.39 is 12.1 Å². The molecule has 21 heavy (non-hydrogen) atoms. The molecular formula is C15H19FN2O3. The first-order chi connectivity index (χ1) is 10.1. The van der Waals surface area contributed by atoms with Crippen molar-refractivity contribution in [1.82, 2.24) is 4.98 Å². The average Bonchev–Trinajstić information content (AvgIpc) is 2.98. The van der Waals surface area contributed by atoms with Gasteiger partial charge in [0.05, 0.1) is 12.3 Å². The largest absolute Gasteiger partial charge is 0.479 e. The van der Waals surface area contributed by atoms with Gasteiger partial charge in [0.1, 0.15) is 11.6 Å². The van der Waals surface area contributed by atoms with E-state index in [1.165, 1.54) is 12.3 Å². The van der Waals surface area contributed by atoms with Gasteiger partial charge in [0, 0.05) is 13.1 Å². The Hall–Kier alpha value is -1.69. The zero-order valence-corrected chi connectivity index (χ0v) is 11.7. The predicted octanol–water partition coefficient (Wildman–Crippen LogP) is 2.07. The first kappa shape index (κ1) is 14.3. The minimum atomic E-state index is -0.856. The second-order valence-corrected chi connectivity index (χ2v) is 5.74. The summed E-state index contributed by atoms with van der Waals surface area (Å²) in [5.74, 6) is 0.0230. The van der Waals surface area contributed by atoms with Crippen molar-refractivity contribution >= 4 is 11.8 Å². The molecule has 2 aliphatic heterocycles. The van der Waals surface area contributed by atoms with E-state index in [1.54, 1.807) is 6.07 Å². The third-order valence-corrected chi connectivity index (χ3v) is 4.43. The van der Waals surface area contributed by atoms with Crippen LogP contribution in [0, 0.1) is 11.7 Å². The topological polar surface area (TPSA) is 62.7 Å². The number of nitrogens with zero attached hydrogens (tertiary/aromatic N) is 2. The van der Waals surface area contributed by atoms with Gasteiger partial charge in [-0.1, -0.05) is 0 Å². The molecule has 3 heterocycles. The van der Waals surface area contributed by atoms with Crippen LogP contribution >= 0.6 is 0 Å². The fraction of sp³-hybridized carbons (Fsp3) is 0.600. The molecule has 1 N–H and O–H groups in total. The quantitative estimate of drug-likeness (QED) is 0.924. The van der Waals surface area contributed by atoms with Gasteiger partial charge in [0.25, 0.3) is 0 Å². The number of pyridine rings is 1. The minimum absolute atomic E-state index is 0.0643. The maximum Gasteiger partial charge on any atom is 0.332 e. The summed E-state index contributed by atoms with van der Waals surface area (Å²) < 4.78 is 18.5. The second kappa shape index (κ2) is 5.97. The highest BCUT2D eigenvalue weighted by atomic mass is 19.1. The lowest BCUT2D eigenvalue weighted by molar-refractivity contribution is -0.150. The molecule has 3 rings (SSSR count). The normalized spacial score (nSPS) is 27.0. The number of hydrogen-bond acceptors (Lipinski definition) is 4. The van der Waals surface area contributed by atoms with Gasteiger partial charge < -0.3 is 14.7 Å². The molecule has 0 saturated carbocycles. The van der Waals surface area contributed by atoms with Crippen molar-refractivity contribution in [3.05, 3.63) is 24.1 Å². The summed E-state index contributed by atoms with van der Waals surface area (Å²) in [6.07, 6.45) is 4.02. The predicted molar refractivity (Wildman–Crippen MR) is 74.7 cm³/mol. The van der Waals surface area contributed by atoms with E-state index >= 15 is 0 Å². The maximum atomic E-state index is 12.9. The molecule has 6 heteroatoms.